The number of carbonyl (C=O) groups excluding carboxylic acids is 2. The molecule has 11 heteroatoms. The van der Waals surface area contributed by atoms with E-state index in [2.05, 4.69) is 20.8 Å². The number of hydrogen-bond acceptors (Lipinski definition) is 4. The maximum Gasteiger partial charge on any atom is 0.417 e. The van der Waals surface area contributed by atoms with E-state index in [0.29, 0.717) is 0 Å². The summed E-state index contributed by atoms with van der Waals surface area (Å²) in [6.45, 7) is 0. The van der Waals surface area contributed by atoms with Crippen LogP contribution in [0.1, 0.15) is 31.8 Å². The minimum Gasteiger partial charge on any atom is -0.321 e. The molecule has 0 aliphatic heterocycles. The van der Waals surface area contributed by atoms with Gasteiger partial charge in [-0.25, -0.2) is 5.43 Å². The lowest BCUT2D eigenvalue weighted by Gasteiger charge is -2.11. The fourth-order valence-electron chi connectivity index (χ4n) is 2.57. The zero-order valence-electron chi connectivity index (χ0n) is 16.0. The largest absolute Gasteiger partial charge is 0.417 e. The first-order chi connectivity index (χ1) is 15.1. The summed E-state index contributed by atoms with van der Waals surface area (Å²) in [5, 5.41) is 6.04. The van der Waals surface area contributed by atoms with E-state index in [1.165, 1.54) is 36.7 Å². The number of carbonyl (C=O) groups is 2. The summed E-state index contributed by atoms with van der Waals surface area (Å²) < 4.78 is 38.9. The molecule has 0 fully saturated rings. The molecule has 1 aromatic heterocycles. The van der Waals surface area contributed by atoms with E-state index in [1.807, 2.05) is 0 Å². The van der Waals surface area contributed by atoms with Crippen LogP contribution in [-0.2, 0) is 6.18 Å². The highest BCUT2D eigenvalue weighted by Gasteiger charge is 2.33. The molecule has 0 aliphatic rings. The highest BCUT2D eigenvalue weighted by Crippen LogP contribution is 2.34. The Balaban J connectivity index is 1.77. The van der Waals surface area contributed by atoms with E-state index in [0.717, 1.165) is 18.3 Å². The van der Waals surface area contributed by atoms with Gasteiger partial charge in [-0.3, -0.25) is 14.6 Å². The summed E-state index contributed by atoms with van der Waals surface area (Å²) >= 11 is 11.5. The van der Waals surface area contributed by atoms with Crippen LogP contribution in [0.15, 0.2) is 66.0 Å². The van der Waals surface area contributed by atoms with Gasteiger partial charge in [0.05, 0.1) is 33.6 Å². The number of hydrazone groups is 1. The highest BCUT2D eigenvalue weighted by atomic mass is 35.5. The first-order valence-electron chi connectivity index (χ1n) is 8.86. The first kappa shape index (κ1) is 23.2. The van der Waals surface area contributed by atoms with Gasteiger partial charge in [0.25, 0.3) is 11.8 Å². The van der Waals surface area contributed by atoms with Gasteiger partial charge in [-0.2, -0.15) is 18.3 Å². The summed E-state index contributed by atoms with van der Waals surface area (Å²) in [5.41, 5.74) is 1.67. The predicted octanol–water partition coefficient (Wildman–Crippen LogP) is 5.42. The Labute approximate surface area is 190 Å². The second-order valence-corrected chi connectivity index (χ2v) is 7.17. The lowest BCUT2D eigenvalue weighted by molar-refractivity contribution is -0.137. The molecular weight excluding hydrogens is 468 g/mol. The number of aromatic nitrogens is 1. The molecule has 0 aliphatic carbocycles. The van der Waals surface area contributed by atoms with E-state index in [4.69, 9.17) is 23.2 Å². The molecule has 6 nitrogen and oxygen atoms in total. The monoisotopic (exact) mass is 480 g/mol. The average Bonchev–Trinajstić information content (AvgIpc) is 2.75. The molecule has 0 radical (unpaired) electrons. The highest BCUT2D eigenvalue weighted by molar-refractivity contribution is 6.31. The van der Waals surface area contributed by atoms with Crippen molar-refractivity contribution in [2.24, 2.45) is 5.10 Å². The van der Waals surface area contributed by atoms with Crippen molar-refractivity contribution < 1.29 is 22.8 Å². The zero-order valence-corrected chi connectivity index (χ0v) is 17.5. The number of amides is 2. The van der Waals surface area contributed by atoms with Crippen molar-refractivity contribution in [1.82, 2.24) is 10.4 Å². The fraction of sp³-hybridized carbons (Fsp3) is 0.0476. The molecular formula is C21H13Cl2F3N4O2. The minimum atomic E-state index is -4.63. The number of pyridine rings is 1. The molecule has 0 spiro atoms. The van der Waals surface area contributed by atoms with Crippen molar-refractivity contribution in [2.45, 2.75) is 6.18 Å². The Morgan fingerprint density at radius 1 is 1.03 bits per heavy atom. The van der Waals surface area contributed by atoms with Gasteiger partial charge in [-0.05, 0) is 48.0 Å². The van der Waals surface area contributed by atoms with Crippen LogP contribution in [0.3, 0.4) is 0 Å². The fourth-order valence-corrected chi connectivity index (χ4v) is 2.97. The Morgan fingerprint density at radius 2 is 1.81 bits per heavy atom. The molecule has 0 saturated heterocycles. The van der Waals surface area contributed by atoms with Crippen LogP contribution in [0.4, 0.5) is 18.9 Å². The third-order valence-electron chi connectivity index (χ3n) is 4.07. The molecule has 1 heterocycles. The van der Waals surface area contributed by atoms with Crippen molar-refractivity contribution in [3.05, 3.63) is 93.2 Å². The SMILES string of the molecule is O=C(Nc1ccc(Cl)cc1C(=O)N/N=C\c1ccc(Cl)c(C(F)(F)F)c1)c1cccnc1. The van der Waals surface area contributed by atoms with Gasteiger partial charge in [0.15, 0.2) is 0 Å². The van der Waals surface area contributed by atoms with Crippen molar-refractivity contribution in [1.29, 1.82) is 0 Å². The maximum absolute atomic E-state index is 13.0. The van der Waals surface area contributed by atoms with Gasteiger partial charge >= 0.3 is 6.18 Å². The van der Waals surface area contributed by atoms with Crippen LogP contribution >= 0.6 is 23.2 Å². The van der Waals surface area contributed by atoms with Gasteiger partial charge in [0, 0.05) is 17.4 Å². The van der Waals surface area contributed by atoms with E-state index in [1.54, 1.807) is 12.1 Å². The van der Waals surface area contributed by atoms with Crippen LogP contribution < -0.4 is 10.7 Å². The Bertz CT molecular complexity index is 1190. The van der Waals surface area contributed by atoms with Gasteiger partial charge < -0.3 is 5.32 Å². The third kappa shape index (κ3) is 5.83. The topological polar surface area (TPSA) is 83.5 Å². The molecule has 2 aromatic carbocycles. The summed E-state index contributed by atoms with van der Waals surface area (Å²) in [6, 6.07) is 10.6. The van der Waals surface area contributed by atoms with E-state index in [-0.39, 0.29) is 27.4 Å². The van der Waals surface area contributed by atoms with Crippen LogP contribution in [0.2, 0.25) is 10.0 Å². The Morgan fingerprint density at radius 3 is 2.50 bits per heavy atom. The van der Waals surface area contributed by atoms with Crippen LogP contribution in [0.25, 0.3) is 0 Å². The molecule has 32 heavy (non-hydrogen) atoms. The molecule has 164 valence electrons. The van der Waals surface area contributed by atoms with E-state index >= 15 is 0 Å². The molecule has 0 unspecified atom stereocenters. The number of benzene rings is 2. The summed E-state index contributed by atoms with van der Waals surface area (Å²) in [4.78, 5) is 28.8. The standard InChI is InChI=1S/C21H13Cl2F3N4O2/c22-14-4-6-18(29-19(31)13-2-1-7-27-11-13)15(9-14)20(32)30-28-10-12-3-5-17(23)16(8-12)21(24,25)26/h1-11H,(H,29,31)(H,30,32)/b28-10-. The van der Waals surface area contributed by atoms with Crippen molar-refractivity contribution in [3.63, 3.8) is 0 Å². The van der Waals surface area contributed by atoms with Gasteiger partial charge in [-0.15, -0.1) is 0 Å². The Kier molecular flexibility index (Phi) is 7.12. The molecule has 0 atom stereocenters. The molecule has 2 N–H and O–H groups in total. The molecule has 0 saturated carbocycles. The van der Waals surface area contributed by atoms with Gasteiger partial charge in [0.1, 0.15) is 0 Å². The smallest absolute Gasteiger partial charge is 0.321 e. The molecule has 3 rings (SSSR count). The first-order valence-corrected chi connectivity index (χ1v) is 9.62. The third-order valence-corrected chi connectivity index (χ3v) is 4.64. The van der Waals surface area contributed by atoms with Gasteiger partial charge in [0.2, 0.25) is 0 Å². The minimum absolute atomic E-state index is 0.000947. The molecule has 3 aromatic rings. The van der Waals surface area contributed by atoms with Crippen molar-refractivity contribution in [2.75, 3.05) is 5.32 Å². The number of nitrogens with zero attached hydrogens (tertiary/aromatic N) is 2. The van der Waals surface area contributed by atoms with Crippen molar-refractivity contribution in [3.8, 4) is 0 Å². The maximum atomic E-state index is 13.0. The Hall–Kier alpha value is -3.43. The van der Waals surface area contributed by atoms with Crippen LogP contribution in [0, 0.1) is 0 Å². The number of rotatable bonds is 5. The van der Waals surface area contributed by atoms with Crippen LogP contribution in [-0.4, -0.2) is 23.0 Å². The summed E-state index contributed by atoms with van der Waals surface area (Å²) in [6.07, 6.45) is -0.737. The summed E-state index contributed by atoms with van der Waals surface area (Å²) in [7, 11) is 0. The number of alkyl halides is 3. The van der Waals surface area contributed by atoms with E-state index in [9.17, 15) is 22.8 Å². The number of nitrogens with one attached hydrogen (secondary N) is 2. The lowest BCUT2D eigenvalue weighted by Crippen LogP contribution is -2.21. The average molecular weight is 481 g/mol. The lowest BCUT2D eigenvalue weighted by atomic mass is 10.1. The molecule has 0 bridgehead atoms. The normalized spacial score (nSPS) is 11.4. The predicted molar refractivity (Wildman–Crippen MR) is 115 cm³/mol. The number of anilines is 1. The quantitative estimate of drug-likeness (QED) is 0.377. The second kappa shape index (κ2) is 9.80. The van der Waals surface area contributed by atoms with E-state index < -0.39 is 28.6 Å². The second-order valence-electron chi connectivity index (χ2n) is 6.32. The number of hydrogen-bond donors (Lipinski definition) is 2. The summed E-state index contributed by atoms with van der Waals surface area (Å²) in [5.74, 6) is -1.24. The zero-order chi connectivity index (χ0) is 23.3. The molecule has 2 amide bonds. The van der Waals surface area contributed by atoms with Crippen molar-refractivity contribution >= 4 is 46.9 Å². The number of halogens is 5. The van der Waals surface area contributed by atoms with Crippen LogP contribution in [0.5, 0.6) is 0 Å². The van der Waals surface area contributed by atoms with Gasteiger partial charge in [-0.1, -0.05) is 29.3 Å².